The molecule has 0 aliphatic heterocycles. The zero-order chi connectivity index (χ0) is 13.8. The zero-order valence-electron chi connectivity index (χ0n) is 10.7. The third-order valence-corrected chi connectivity index (χ3v) is 3.06. The minimum atomic E-state index is 0.652. The summed E-state index contributed by atoms with van der Waals surface area (Å²) < 4.78 is 1.85. The minimum absolute atomic E-state index is 0.652. The zero-order valence-corrected chi connectivity index (χ0v) is 11.5. The van der Waals surface area contributed by atoms with Crippen LogP contribution in [0.5, 0.6) is 0 Å². The van der Waals surface area contributed by atoms with E-state index in [1.54, 1.807) is 6.21 Å². The maximum atomic E-state index is 4.70. The van der Waals surface area contributed by atoms with Gasteiger partial charge in [-0.3, -0.25) is 9.67 Å². The first kappa shape index (κ1) is 12.6. The Kier molecular flexibility index (Phi) is 3.60. The summed E-state index contributed by atoms with van der Waals surface area (Å²) >= 11 is 4.70. The number of nitrogens with zero attached hydrogens (tertiary/aromatic N) is 4. The molecule has 4 nitrogen and oxygen atoms in total. The summed E-state index contributed by atoms with van der Waals surface area (Å²) in [5.74, 6) is 0.652. The van der Waals surface area contributed by atoms with Crippen molar-refractivity contribution in [2.45, 2.75) is 6.54 Å². The molecule has 0 spiro atoms. The van der Waals surface area contributed by atoms with Crippen LogP contribution in [0.1, 0.15) is 5.56 Å². The average molecular weight is 280 g/mol. The third-order valence-electron chi connectivity index (χ3n) is 2.94. The van der Waals surface area contributed by atoms with Gasteiger partial charge in [0, 0.05) is 35.4 Å². The van der Waals surface area contributed by atoms with Gasteiger partial charge in [0.05, 0.1) is 12.1 Å². The van der Waals surface area contributed by atoms with E-state index in [4.69, 9.17) is 12.2 Å². The van der Waals surface area contributed by atoms with Crippen LogP contribution >= 0.6 is 12.2 Å². The molecular weight excluding hydrogens is 268 g/mol. The van der Waals surface area contributed by atoms with Gasteiger partial charge >= 0.3 is 0 Å². The maximum Gasteiger partial charge on any atom is 0.173 e. The van der Waals surface area contributed by atoms with Crippen molar-refractivity contribution in [1.82, 2.24) is 14.8 Å². The van der Waals surface area contributed by atoms with Crippen molar-refractivity contribution in [2.75, 3.05) is 0 Å². The van der Waals surface area contributed by atoms with Gasteiger partial charge in [-0.2, -0.15) is 5.10 Å². The first-order valence-corrected chi connectivity index (χ1v) is 6.68. The van der Waals surface area contributed by atoms with Crippen molar-refractivity contribution < 1.29 is 0 Å². The van der Waals surface area contributed by atoms with E-state index in [1.807, 2.05) is 35.3 Å². The average Bonchev–Trinajstić information content (AvgIpc) is 2.93. The highest BCUT2D eigenvalue weighted by molar-refractivity contribution is 7.80. The molecule has 3 rings (SSSR count). The molecule has 0 aliphatic carbocycles. The lowest BCUT2D eigenvalue weighted by atomic mass is 10.1. The van der Waals surface area contributed by atoms with Gasteiger partial charge in [-0.25, -0.2) is 4.99 Å². The fourth-order valence-corrected chi connectivity index (χ4v) is 2.15. The summed E-state index contributed by atoms with van der Waals surface area (Å²) in [4.78, 5) is 8.56. The highest BCUT2D eigenvalue weighted by atomic mass is 32.1. The van der Waals surface area contributed by atoms with Gasteiger partial charge in [0.1, 0.15) is 0 Å². The molecule has 0 saturated carbocycles. The molecule has 3 aromatic rings. The summed E-state index contributed by atoms with van der Waals surface area (Å²) in [5, 5.41) is 6.98. The van der Waals surface area contributed by atoms with Gasteiger partial charge < -0.3 is 0 Å². The number of hydrogen-bond acceptors (Lipinski definition) is 4. The number of aliphatic imine (C=N–C) groups is 1. The molecule has 20 heavy (non-hydrogen) atoms. The number of fused-ring (bicyclic) bond motifs is 1. The van der Waals surface area contributed by atoms with Crippen molar-refractivity contribution in [3.05, 3.63) is 54.4 Å². The third kappa shape index (κ3) is 2.62. The van der Waals surface area contributed by atoms with Gasteiger partial charge in [-0.05, 0) is 11.6 Å². The second kappa shape index (κ2) is 5.71. The van der Waals surface area contributed by atoms with Crippen LogP contribution in [0, 0.1) is 0 Å². The molecule has 0 saturated heterocycles. The number of thiocarbonyl (C=S) groups is 1. The number of para-hydroxylation sites is 1. The van der Waals surface area contributed by atoms with Crippen LogP contribution in [0.3, 0.4) is 0 Å². The van der Waals surface area contributed by atoms with E-state index < -0.39 is 0 Å². The number of benzene rings is 1. The van der Waals surface area contributed by atoms with Gasteiger partial charge in [0.2, 0.25) is 0 Å². The lowest BCUT2D eigenvalue weighted by molar-refractivity contribution is 0.691. The summed E-state index contributed by atoms with van der Waals surface area (Å²) in [5.41, 5.74) is 2.14. The van der Waals surface area contributed by atoms with Crippen LogP contribution in [0.25, 0.3) is 10.9 Å². The summed E-state index contributed by atoms with van der Waals surface area (Å²) in [6.45, 7) is 0.668. The van der Waals surface area contributed by atoms with Crippen molar-refractivity contribution in [3.8, 4) is 0 Å². The SMILES string of the molecule is S=CC=Nc1ccn(Cc2cccc3cccnc23)n1. The standard InChI is InChI=1S/C15H12N4S/c20-10-8-16-14-6-9-19(18-14)11-13-4-1-3-12-5-2-7-17-15(12)13/h1-10H,11H2. The molecule has 0 amide bonds. The molecule has 0 fully saturated rings. The Morgan fingerprint density at radius 2 is 2.10 bits per heavy atom. The topological polar surface area (TPSA) is 43.1 Å². The fraction of sp³-hybridized carbons (Fsp3) is 0.0667. The number of pyridine rings is 1. The highest BCUT2D eigenvalue weighted by Gasteiger charge is 2.03. The molecule has 2 heterocycles. The molecule has 0 aliphatic rings. The van der Waals surface area contributed by atoms with E-state index in [-0.39, 0.29) is 0 Å². The number of hydrogen-bond donors (Lipinski definition) is 0. The van der Waals surface area contributed by atoms with Crippen LogP contribution in [-0.2, 0) is 6.54 Å². The second-order valence-corrected chi connectivity index (χ2v) is 4.55. The van der Waals surface area contributed by atoms with Crippen molar-refractivity contribution >= 4 is 40.5 Å². The Balaban J connectivity index is 1.91. The Morgan fingerprint density at radius 1 is 1.20 bits per heavy atom. The molecule has 0 atom stereocenters. The smallest absolute Gasteiger partial charge is 0.173 e. The van der Waals surface area contributed by atoms with Gasteiger partial charge in [0.15, 0.2) is 5.82 Å². The van der Waals surface area contributed by atoms with E-state index in [0.717, 1.165) is 16.5 Å². The van der Waals surface area contributed by atoms with E-state index >= 15 is 0 Å². The van der Waals surface area contributed by atoms with Crippen molar-refractivity contribution in [3.63, 3.8) is 0 Å². The van der Waals surface area contributed by atoms with Crippen molar-refractivity contribution in [2.24, 2.45) is 4.99 Å². The second-order valence-electron chi connectivity index (χ2n) is 4.28. The first-order valence-electron chi connectivity index (χ1n) is 6.21. The Labute approximate surface area is 121 Å². The molecule has 98 valence electrons. The summed E-state index contributed by atoms with van der Waals surface area (Å²) in [6.07, 6.45) is 5.27. The molecule has 0 radical (unpaired) electrons. The van der Waals surface area contributed by atoms with Crippen LogP contribution in [0.15, 0.2) is 53.8 Å². The lowest BCUT2D eigenvalue weighted by Gasteiger charge is -2.05. The molecule has 0 bridgehead atoms. The summed E-state index contributed by atoms with van der Waals surface area (Å²) in [6, 6.07) is 12.0. The lowest BCUT2D eigenvalue weighted by Crippen LogP contribution is -2.01. The normalized spacial score (nSPS) is 11.2. The predicted octanol–water partition coefficient (Wildman–Crippen LogP) is 3.18. The van der Waals surface area contributed by atoms with Crippen LogP contribution in [0.2, 0.25) is 0 Å². The molecule has 0 unspecified atom stereocenters. The Morgan fingerprint density at radius 3 is 3.00 bits per heavy atom. The fourth-order valence-electron chi connectivity index (χ4n) is 2.08. The van der Waals surface area contributed by atoms with Gasteiger partial charge in [-0.1, -0.05) is 36.5 Å². The maximum absolute atomic E-state index is 4.70. The first-order chi connectivity index (χ1) is 9.86. The van der Waals surface area contributed by atoms with Crippen LogP contribution in [0.4, 0.5) is 5.82 Å². The minimum Gasteiger partial charge on any atom is -0.266 e. The molecule has 1 aromatic carbocycles. The molecular formula is C15H12N4S. The van der Waals surface area contributed by atoms with E-state index in [2.05, 4.69) is 33.3 Å². The predicted molar refractivity (Wildman–Crippen MR) is 84.9 cm³/mol. The summed E-state index contributed by atoms with van der Waals surface area (Å²) in [7, 11) is 0. The quantitative estimate of drug-likeness (QED) is 0.544. The largest absolute Gasteiger partial charge is 0.266 e. The van der Waals surface area contributed by atoms with Crippen LogP contribution in [-0.4, -0.2) is 26.3 Å². The molecule has 2 aromatic heterocycles. The number of aromatic nitrogens is 3. The van der Waals surface area contributed by atoms with Crippen LogP contribution < -0.4 is 0 Å². The Bertz CT molecular complexity index is 771. The molecule has 0 N–H and O–H groups in total. The highest BCUT2D eigenvalue weighted by Crippen LogP contribution is 2.17. The van der Waals surface area contributed by atoms with Crippen molar-refractivity contribution in [1.29, 1.82) is 0 Å². The van der Waals surface area contributed by atoms with Gasteiger partial charge in [0.25, 0.3) is 0 Å². The monoisotopic (exact) mass is 280 g/mol. The van der Waals surface area contributed by atoms with Gasteiger partial charge in [-0.15, -0.1) is 0 Å². The number of rotatable bonds is 4. The van der Waals surface area contributed by atoms with E-state index in [1.165, 1.54) is 5.37 Å². The molecule has 5 heteroatoms. The Hall–Kier alpha value is -2.40. The van der Waals surface area contributed by atoms with E-state index in [9.17, 15) is 0 Å². The van der Waals surface area contributed by atoms with E-state index in [0.29, 0.717) is 12.4 Å².